The Hall–Kier alpha value is -0.650. The molecule has 2 atom stereocenters. The smallest absolute Gasteiger partial charge is 0.237 e. The maximum Gasteiger partial charge on any atom is 0.237 e. The van der Waals surface area contributed by atoms with Crippen LogP contribution in [0.4, 0.5) is 0 Å². The monoisotopic (exact) mass is 296 g/mol. The lowest BCUT2D eigenvalue weighted by Crippen LogP contribution is -2.60. The number of amides is 1. The first-order valence-electron chi connectivity index (χ1n) is 8.45. The SMILES string of the molecule is CCN1CCC(N(C)C2CCCC(NC)(C(N)=O)C2)CC1. The van der Waals surface area contributed by atoms with E-state index in [9.17, 15) is 4.79 Å². The molecule has 0 radical (unpaired) electrons. The van der Waals surface area contributed by atoms with Crippen molar-refractivity contribution < 1.29 is 4.79 Å². The van der Waals surface area contributed by atoms with Crippen LogP contribution in [0, 0.1) is 0 Å². The summed E-state index contributed by atoms with van der Waals surface area (Å²) in [5.41, 5.74) is 5.16. The maximum absolute atomic E-state index is 11.9. The average Bonchev–Trinajstić information content (AvgIpc) is 2.54. The predicted molar refractivity (Wildman–Crippen MR) is 86.1 cm³/mol. The molecule has 0 bridgehead atoms. The predicted octanol–water partition coefficient (Wildman–Crippen LogP) is 0.789. The molecule has 1 amide bonds. The highest BCUT2D eigenvalue weighted by atomic mass is 16.1. The van der Waals surface area contributed by atoms with Crippen molar-refractivity contribution in [2.75, 3.05) is 33.7 Å². The first-order chi connectivity index (χ1) is 10.0. The van der Waals surface area contributed by atoms with Crippen molar-refractivity contribution in [1.29, 1.82) is 0 Å². The van der Waals surface area contributed by atoms with Crippen LogP contribution in [0.15, 0.2) is 0 Å². The summed E-state index contributed by atoms with van der Waals surface area (Å²) in [6, 6.07) is 1.12. The summed E-state index contributed by atoms with van der Waals surface area (Å²) >= 11 is 0. The van der Waals surface area contributed by atoms with Gasteiger partial charge in [0.2, 0.25) is 5.91 Å². The third-order valence-electron chi connectivity index (χ3n) is 5.83. The lowest BCUT2D eigenvalue weighted by atomic mass is 9.77. The molecule has 2 fully saturated rings. The lowest BCUT2D eigenvalue weighted by molar-refractivity contribution is -0.126. The van der Waals surface area contributed by atoms with Gasteiger partial charge in [0.1, 0.15) is 0 Å². The summed E-state index contributed by atoms with van der Waals surface area (Å²) in [6.07, 6.45) is 6.46. The Balaban J connectivity index is 1.96. The summed E-state index contributed by atoms with van der Waals surface area (Å²) in [6.45, 7) is 5.79. The molecule has 2 rings (SSSR count). The molecule has 21 heavy (non-hydrogen) atoms. The van der Waals surface area contributed by atoms with Crippen LogP contribution in [0.3, 0.4) is 0 Å². The number of likely N-dealkylation sites (tertiary alicyclic amines) is 1. The molecule has 1 saturated carbocycles. The van der Waals surface area contributed by atoms with Crippen molar-refractivity contribution in [3.05, 3.63) is 0 Å². The van der Waals surface area contributed by atoms with Gasteiger partial charge in [-0.3, -0.25) is 4.79 Å². The van der Waals surface area contributed by atoms with Gasteiger partial charge in [-0.05, 0) is 72.3 Å². The number of nitrogens with one attached hydrogen (secondary N) is 1. The Kier molecular flexibility index (Phi) is 5.63. The standard InChI is InChI=1S/C16H32N4O/c1-4-20-10-7-13(8-11-20)19(3)14-6-5-9-16(12-14,18-2)15(17)21/h13-14,18H,4-12H2,1-3H3,(H2,17,21). The third kappa shape index (κ3) is 3.58. The van der Waals surface area contributed by atoms with E-state index < -0.39 is 5.54 Å². The van der Waals surface area contributed by atoms with Crippen molar-refractivity contribution in [3.8, 4) is 0 Å². The van der Waals surface area contributed by atoms with Crippen LogP contribution in [-0.2, 0) is 4.79 Å². The van der Waals surface area contributed by atoms with Gasteiger partial charge in [-0.2, -0.15) is 0 Å². The molecule has 122 valence electrons. The molecule has 0 aromatic heterocycles. The number of nitrogens with two attached hydrogens (primary N) is 1. The van der Waals surface area contributed by atoms with E-state index in [4.69, 9.17) is 5.73 Å². The van der Waals surface area contributed by atoms with Crippen molar-refractivity contribution in [3.63, 3.8) is 0 Å². The van der Waals surface area contributed by atoms with Crippen molar-refractivity contribution in [2.24, 2.45) is 5.73 Å². The van der Waals surface area contributed by atoms with Crippen LogP contribution >= 0.6 is 0 Å². The number of rotatable bonds is 5. The maximum atomic E-state index is 11.9. The first kappa shape index (κ1) is 16.7. The van der Waals surface area contributed by atoms with E-state index in [2.05, 4.69) is 29.1 Å². The van der Waals surface area contributed by atoms with E-state index in [1.807, 2.05) is 7.05 Å². The Bertz CT molecular complexity index is 354. The van der Waals surface area contributed by atoms with Crippen LogP contribution in [0.5, 0.6) is 0 Å². The Labute approximate surface area is 129 Å². The normalized spacial score (nSPS) is 32.5. The summed E-state index contributed by atoms with van der Waals surface area (Å²) < 4.78 is 0. The zero-order chi connectivity index (χ0) is 15.5. The quantitative estimate of drug-likeness (QED) is 0.787. The highest BCUT2D eigenvalue weighted by molar-refractivity contribution is 5.84. The van der Waals surface area contributed by atoms with Gasteiger partial charge in [-0.1, -0.05) is 6.92 Å². The van der Waals surface area contributed by atoms with Crippen molar-refractivity contribution in [1.82, 2.24) is 15.1 Å². The molecule has 0 aromatic carbocycles. The minimum Gasteiger partial charge on any atom is -0.368 e. The van der Waals surface area contributed by atoms with Crippen LogP contribution in [0.25, 0.3) is 0 Å². The Morgan fingerprint density at radius 1 is 1.33 bits per heavy atom. The number of primary amides is 1. The third-order valence-corrected chi connectivity index (χ3v) is 5.83. The second kappa shape index (κ2) is 7.07. The molecule has 3 N–H and O–H groups in total. The summed E-state index contributed by atoms with van der Waals surface area (Å²) in [5, 5.41) is 3.21. The zero-order valence-electron chi connectivity index (χ0n) is 13.9. The van der Waals surface area contributed by atoms with Gasteiger partial charge in [0.15, 0.2) is 0 Å². The molecule has 2 unspecified atom stereocenters. The minimum atomic E-state index is -0.499. The lowest BCUT2D eigenvalue weighted by Gasteiger charge is -2.46. The Morgan fingerprint density at radius 2 is 2.00 bits per heavy atom. The number of hydrogen-bond acceptors (Lipinski definition) is 4. The minimum absolute atomic E-state index is 0.191. The topological polar surface area (TPSA) is 61.6 Å². The molecule has 0 aromatic rings. The summed E-state index contributed by atoms with van der Waals surface area (Å²) in [4.78, 5) is 16.9. The Morgan fingerprint density at radius 3 is 2.52 bits per heavy atom. The highest BCUT2D eigenvalue weighted by Crippen LogP contribution is 2.32. The highest BCUT2D eigenvalue weighted by Gasteiger charge is 2.42. The van der Waals surface area contributed by atoms with E-state index in [-0.39, 0.29) is 5.91 Å². The zero-order valence-corrected chi connectivity index (χ0v) is 13.9. The number of hydrogen-bond donors (Lipinski definition) is 2. The van der Waals surface area contributed by atoms with Crippen LogP contribution in [0.2, 0.25) is 0 Å². The molecule has 1 saturated heterocycles. The van der Waals surface area contributed by atoms with Crippen LogP contribution in [-0.4, -0.2) is 67.1 Å². The van der Waals surface area contributed by atoms with E-state index in [1.165, 1.54) is 32.4 Å². The van der Waals surface area contributed by atoms with Crippen molar-refractivity contribution in [2.45, 2.75) is 63.1 Å². The van der Waals surface area contributed by atoms with E-state index >= 15 is 0 Å². The first-order valence-corrected chi connectivity index (χ1v) is 8.45. The van der Waals surface area contributed by atoms with Gasteiger partial charge >= 0.3 is 0 Å². The fourth-order valence-corrected chi connectivity index (χ4v) is 4.11. The molecule has 1 heterocycles. The van der Waals surface area contributed by atoms with Gasteiger partial charge in [0, 0.05) is 12.1 Å². The van der Waals surface area contributed by atoms with E-state index in [0.29, 0.717) is 12.1 Å². The van der Waals surface area contributed by atoms with E-state index in [0.717, 1.165) is 25.8 Å². The van der Waals surface area contributed by atoms with Gasteiger partial charge in [-0.25, -0.2) is 0 Å². The fraction of sp³-hybridized carbons (Fsp3) is 0.938. The number of likely N-dealkylation sites (N-methyl/N-ethyl adjacent to an activating group) is 1. The molecular formula is C16H32N4O. The van der Waals surface area contributed by atoms with Crippen molar-refractivity contribution >= 4 is 5.91 Å². The molecule has 1 aliphatic heterocycles. The number of nitrogens with zero attached hydrogens (tertiary/aromatic N) is 2. The molecular weight excluding hydrogens is 264 g/mol. The van der Waals surface area contributed by atoms with Gasteiger partial charge in [0.25, 0.3) is 0 Å². The van der Waals surface area contributed by atoms with Gasteiger partial charge in [-0.15, -0.1) is 0 Å². The second-order valence-corrected chi connectivity index (χ2v) is 6.78. The fourth-order valence-electron chi connectivity index (χ4n) is 4.11. The molecule has 5 nitrogen and oxygen atoms in total. The van der Waals surface area contributed by atoms with E-state index in [1.54, 1.807) is 0 Å². The van der Waals surface area contributed by atoms with Crippen LogP contribution in [0.1, 0.15) is 45.4 Å². The second-order valence-electron chi connectivity index (χ2n) is 6.78. The summed E-state index contributed by atoms with van der Waals surface area (Å²) in [7, 11) is 4.11. The molecule has 5 heteroatoms. The van der Waals surface area contributed by atoms with Gasteiger partial charge in [0.05, 0.1) is 5.54 Å². The largest absolute Gasteiger partial charge is 0.368 e. The summed E-state index contributed by atoms with van der Waals surface area (Å²) in [5.74, 6) is -0.191. The average molecular weight is 296 g/mol. The number of piperidine rings is 1. The van der Waals surface area contributed by atoms with Crippen LogP contribution < -0.4 is 11.1 Å². The molecule has 1 aliphatic carbocycles. The van der Waals surface area contributed by atoms with Gasteiger partial charge < -0.3 is 20.9 Å². The molecule has 2 aliphatic rings. The number of carbonyl (C=O) groups excluding carboxylic acids is 1. The molecule has 0 spiro atoms. The number of carbonyl (C=O) groups is 1.